The van der Waals surface area contributed by atoms with Gasteiger partial charge in [0.2, 0.25) is 6.79 Å². The minimum atomic E-state index is -0.185. The normalized spacial score (nSPS) is 21.1. The maximum atomic E-state index is 11.9. The van der Waals surface area contributed by atoms with Gasteiger partial charge in [-0.15, -0.1) is 0 Å². The van der Waals surface area contributed by atoms with E-state index in [4.69, 9.17) is 14.2 Å². The van der Waals surface area contributed by atoms with Crippen LogP contribution in [0.25, 0.3) is 0 Å². The Kier molecular flexibility index (Phi) is 4.15. The Labute approximate surface area is 123 Å². The number of urea groups is 1. The molecule has 2 aliphatic rings. The summed E-state index contributed by atoms with van der Waals surface area (Å²) in [5.74, 6) is 1.47. The summed E-state index contributed by atoms with van der Waals surface area (Å²) in [5, 5.41) is 5.76. The third kappa shape index (κ3) is 3.39. The molecule has 114 valence electrons. The largest absolute Gasteiger partial charge is 0.454 e. The lowest BCUT2D eigenvalue weighted by Gasteiger charge is -2.20. The van der Waals surface area contributed by atoms with Crippen LogP contribution in [0.4, 0.5) is 4.79 Å². The minimum absolute atomic E-state index is 0.0178. The molecule has 1 saturated heterocycles. The van der Waals surface area contributed by atoms with E-state index in [1.165, 1.54) is 0 Å². The molecule has 0 unspecified atom stereocenters. The standard InChI is InChI=1S/C15H20N2O4/c1-10(12-3-2-6-19-12)17-15(18)16-8-11-4-5-13-14(7-11)21-9-20-13/h4-5,7,10,12H,2-3,6,8-9H2,1H3,(H2,16,17,18)/t10-,12-/m0/s1. The summed E-state index contributed by atoms with van der Waals surface area (Å²) in [7, 11) is 0. The van der Waals surface area contributed by atoms with Crippen LogP contribution in [0.1, 0.15) is 25.3 Å². The van der Waals surface area contributed by atoms with E-state index in [9.17, 15) is 4.79 Å². The van der Waals surface area contributed by atoms with Gasteiger partial charge < -0.3 is 24.8 Å². The highest BCUT2D eigenvalue weighted by molar-refractivity contribution is 5.74. The van der Waals surface area contributed by atoms with Crippen LogP contribution in [-0.2, 0) is 11.3 Å². The monoisotopic (exact) mass is 292 g/mol. The molecule has 0 aromatic heterocycles. The van der Waals surface area contributed by atoms with Crippen molar-refractivity contribution in [3.05, 3.63) is 23.8 Å². The molecule has 2 heterocycles. The number of hydrogen-bond donors (Lipinski definition) is 2. The quantitative estimate of drug-likeness (QED) is 0.887. The maximum Gasteiger partial charge on any atom is 0.315 e. The highest BCUT2D eigenvalue weighted by Gasteiger charge is 2.23. The van der Waals surface area contributed by atoms with Gasteiger partial charge in [-0.3, -0.25) is 0 Å². The van der Waals surface area contributed by atoms with Crippen LogP contribution < -0.4 is 20.1 Å². The molecule has 6 nitrogen and oxygen atoms in total. The second-order valence-corrected chi connectivity index (χ2v) is 5.35. The number of benzene rings is 1. The van der Waals surface area contributed by atoms with E-state index < -0.39 is 0 Å². The van der Waals surface area contributed by atoms with Crippen molar-refractivity contribution in [3.8, 4) is 11.5 Å². The topological polar surface area (TPSA) is 68.8 Å². The molecule has 0 spiro atoms. The average molecular weight is 292 g/mol. The molecular weight excluding hydrogens is 272 g/mol. The fourth-order valence-electron chi connectivity index (χ4n) is 2.58. The molecule has 0 bridgehead atoms. The molecule has 3 rings (SSSR count). The van der Waals surface area contributed by atoms with Crippen LogP contribution in [0, 0.1) is 0 Å². The van der Waals surface area contributed by atoms with Gasteiger partial charge >= 0.3 is 6.03 Å². The Morgan fingerprint density at radius 3 is 3.05 bits per heavy atom. The maximum absolute atomic E-state index is 11.9. The van der Waals surface area contributed by atoms with Crippen molar-refractivity contribution in [1.29, 1.82) is 0 Å². The SMILES string of the molecule is C[C@H](NC(=O)NCc1ccc2c(c1)OCO2)[C@@H]1CCCO1. The van der Waals surface area contributed by atoms with Gasteiger partial charge in [0.15, 0.2) is 11.5 Å². The van der Waals surface area contributed by atoms with Crippen molar-refractivity contribution in [2.24, 2.45) is 0 Å². The number of fused-ring (bicyclic) bond motifs is 1. The van der Waals surface area contributed by atoms with Crippen molar-refractivity contribution < 1.29 is 19.0 Å². The van der Waals surface area contributed by atoms with Gasteiger partial charge in [0, 0.05) is 13.2 Å². The Bertz CT molecular complexity index is 514. The van der Waals surface area contributed by atoms with E-state index in [0.717, 1.165) is 36.5 Å². The number of carbonyl (C=O) groups excluding carboxylic acids is 1. The Morgan fingerprint density at radius 2 is 2.24 bits per heavy atom. The van der Waals surface area contributed by atoms with Gasteiger partial charge in [0.05, 0.1) is 12.1 Å². The van der Waals surface area contributed by atoms with Crippen molar-refractivity contribution in [2.75, 3.05) is 13.4 Å². The Morgan fingerprint density at radius 1 is 1.38 bits per heavy atom. The molecule has 21 heavy (non-hydrogen) atoms. The van der Waals surface area contributed by atoms with Gasteiger partial charge in [-0.2, -0.15) is 0 Å². The van der Waals surface area contributed by atoms with E-state index in [2.05, 4.69) is 10.6 Å². The fourth-order valence-corrected chi connectivity index (χ4v) is 2.58. The van der Waals surface area contributed by atoms with E-state index in [1.54, 1.807) is 0 Å². The highest BCUT2D eigenvalue weighted by atomic mass is 16.7. The number of nitrogens with one attached hydrogen (secondary N) is 2. The molecule has 1 aromatic carbocycles. The third-order valence-corrected chi connectivity index (χ3v) is 3.77. The lowest BCUT2D eigenvalue weighted by atomic mass is 10.1. The van der Waals surface area contributed by atoms with E-state index in [-0.39, 0.29) is 25.0 Å². The van der Waals surface area contributed by atoms with Gasteiger partial charge in [0.25, 0.3) is 0 Å². The van der Waals surface area contributed by atoms with Gasteiger partial charge in [-0.25, -0.2) is 4.79 Å². The summed E-state index contributed by atoms with van der Waals surface area (Å²) < 4.78 is 16.1. The molecule has 2 atom stereocenters. The third-order valence-electron chi connectivity index (χ3n) is 3.77. The molecule has 2 aliphatic heterocycles. The predicted molar refractivity (Wildman–Crippen MR) is 76.4 cm³/mol. The van der Waals surface area contributed by atoms with Crippen LogP contribution >= 0.6 is 0 Å². The summed E-state index contributed by atoms with van der Waals surface area (Å²) >= 11 is 0. The summed E-state index contributed by atoms with van der Waals surface area (Å²) in [6.45, 7) is 3.46. The van der Waals surface area contributed by atoms with Crippen molar-refractivity contribution >= 4 is 6.03 Å². The lowest BCUT2D eigenvalue weighted by molar-refractivity contribution is 0.0860. The molecule has 1 aromatic rings. The number of carbonyl (C=O) groups is 1. The first-order chi connectivity index (χ1) is 10.2. The van der Waals surface area contributed by atoms with Gasteiger partial charge in [-0.05, 0) is 37.5 Å². The van der Waals surface area contributed by atoms with Crippen molar-refractivity contribution in [3.63, 3.8) is 0 Å². The average Bonchev–Trinajstić information content (AvgIpc) is 3.15. The predicted octanol–water partition coefficient (Wildman–Crippen LogP) is 1.78. The lowest BCUT2D eigenvalue weighted by Crippen LogP contribution is -2.45. The molecule has 0 saturated carbocycles. The van der Waals surface area contributed by atoms with Gasteiger partial charge in [0.1, 0.15) is 0 Å². The van der Waals surface area contributed by atoms with Crippen LogP contribution in [0.2, 0.25) is 0 Å². The van der Waals surface area contributed by atoms with Crippen LogP contribution in [0.3, 0.4) is 0 Å². The van der Waals surface area contributed by atoms with E-state index in [1.807, 2.05) is 25.1 Å². The second kappa shape index (κ2) is 6.22. The number of amides is 2. The number of ether oxygens (including phenoxy) is 3. The molecule has 0 aliphatic carbocycles. The number of rotatable bonds is 4. The summed E-state index contributed by atoms with van der Waals surface area (Å²) in [6, 6.07) is 5.48. The first kappa shape index (κ1) is 14.0. The van der Waals surface area contributed by atoms with Crippen LogP contribution in [0.15, 0.2) is 18.2 Å². The first-order valence-electron chi connectivity index (χ1n) is 7.27. The Balaban J connectivity index is 1.47. The van der Waals surface area contributed by atoms with Crippen LogP contribution in [-0.4, -0.2) is 31.6 Å². The molecule has 1 fully saturated rings. The molecular formula is C15H20N2O4. The summed E-state index contributed by atoms with van der Waals surface area (Å²) in [5.41, 5.74) is 0.971. The molecule has 6 heteroatoms. The minimum Gasteiger partial charge on any atom is -0.454 e. The zero-order valence-electron chi connectivity index (χ0n) is 12.1. The second-order valence-electron chi connectivity index (χ2n) is 5.35. The number of hydrogen-bond acceptors (Lipinski definition) is 4. The van der Waals surface area contributed by atoms with Crippen LogP contribution in [0.5, 0.6) is 11.5 Å². The highest BCUT2D eigenvalue weighted by Crippen LogP contribution is 2.32. The first-order valence-corrected chi connectivity index (χ1v) is 7.27. The van der Waals surface area contributed by atoms with Gasteiger partial charge in [-0.1, -0.05) is 6.07 Å². The summed E-state index contributed by atoms with van der Waals surface area (Å²) in [6.07, 6.45) is 2.19. The molecule has 2 amide bonds. The summed E-state index contributed by atoms with van der Waals surface area (Å²) in [4.78, 5) is 11.9. The van der Waals surface area contributed by atoms with E-state index >= 15 is 0 Å². The molecule has 2 N–H and O–H groups in total. The zero-order chi connectivity index (χ0) is 14.7. The fraction of sp³-hybridized carbons (Fsp3) is 0.533. The molecule has 0 radical (unpaired) electrons. The Hall–Kier alpha value is -1.95. The van der Waals surface area contributed by atoms with E-state index in [0.29, 0.717) is 6.54 Å². The smallest absolute Gasteiger partial charge is 0.315 e. The van der Waals surface area contributed by atoms with Crippen molar-refractivity contribution in [1.82, 2.24) is 10.6 Å². The zero-order valence-corrected chi connectivity index (χ0v) is 12.1. The van der Waals surface area contributed by atoms with Crippen molar-refractivity contribution in [2.45, 2.75) is 38.5 Å².